The van der Waals surface area contributed by atoms with E-state index in [2.05, 4.69) is 20.2 Å². The molecule has 142 valence electrons. The number of carbonyl (C=O) groups excluding carboxylic acids is 2. The first kappa shape index (κ1) is 17.9. The summed E-state index contributed by atoms with van der Waals surface area (Å²) in [7, 11) is 0. The molecule has 0 unspecified atom stereocenters. The Bertz CT molecular complexity index is 1010. The van der Waals surface area contributed by atoms with Crippen LogP contribution in [0.2, 0.25) is 0 Å². The highest BCUT2D eigenvalue weighted by molar-refractivity contribution is 6.08. The Morgan fingerprint density at radius 2 is 1.75 bits per heavy atom. The minimum absolute atomic E-state index is 0.0996. The van der Waals surface area contributed by atoms with E-state index < -0.39 is 0 Å². The van der Waals surface area contributed by atoms with Gasteiger partial charge in [-0.3, -0.25) is 14.6 Å². The number of para-hydroxylation sites is 1. The topological polar surface area (TPSA) is 78.4 Å². The number of pyridine rings is 2. The minimum atomic E-state index is -0.224. The van der Waals surface area contributed by atoms with Crippen molar-refractivity contribution < 1.29 is 9.59 Å². The van der Waals surface area contributed by atoms with Gasteiger partial charge in [0.1, 0.15) is 5.82 Å². The largest absolute Gasteiger partial charge is 0.353 e. The minimum Gasteiger partial charge on any atom is -0.353 e. The number of hydrogen-bond acceptors (Lipinski definition) is 5. The van der Waals surface area contributed by atoms with Crippen LogP contribution in [-0.2, 0) is 4.79 Å². The average molecular weight is 375 g/mol. The molecule has 3 aromatic rings. The molecular weight excluding hydrogens is 354 g/mol. The normalized spacial score (nSPS) is 14.2. The summed E-state index contributed by atoms with van der Waals surface area (Å²) in [6.07, 6.45) is 3.29. The number of anilines is 2. The molecule has 0 aliphatic carbocycles. The Hall–Kier alpha value is -3.48. The van der Waals surface area contributed by atoms with Gasteiger partial charge >= 0.3 is 0 Å². The Kier molecular flexibility index (Phi) is 4.89. The second-order valence-electron chi connectivity index (χ2n) is 6.73. The lowest BCUT2D eigenvalue weighted by atomic mass is 10.2. The number of nitrogens with one attached hydrogen (secondary N) is 1. The molecule has 28 heavy (non-hydrogen) atoms. The first-order valence-corrected chi connectivity index (χ1v) is 9.23. The highest BCUT2D eigenvalue weighted by atomic mass is 16.2. The van der Waals surface area contributed by atoms with Crippen LogP contribution in [0.3, 0.4) is 0 Å². The molecule has 7 nitrogen and oxygen atoms in total. The number of benzene rings is 1. The molecule has 2 amide bonds. The molecule has 0 bridgehead atoms. The maximum atomic E-state index is 12.6. The molecule has 4 rings (SSSR count). The molecule has 0 radical (unpaired) electrons. The third-order valence-electron chi connectivity index (χ3n) is 4.94. The van der Waals surface area contributed by atoms with E-state index in [4.69, 9.17) is 0 Å². The van der Waals surface area contributed by atoms with E-state index in [1.165, 1.54) is 0 Å². The van der Waals surface area contributed by atoms with E-state index >= 15 is 0 Å². The first-order chi connectivity index (χ1) is 13.6. The van der Waals surface area contributed by atoms with Crippen molar-refractivity contribution in [2.75, 3.05) is 36.4 Å². The predicted molar refractivity (Wildman–Crippen MR) is 108 cm³/mol. The fraction of sp³-hybridized carbons (Fsp3) is 0.238. The lowest BCUT2D eigenvalue weighted by Gasteiger charge is -2.34. The van der Waals surface area contributed by atoms with Crippen molar-refractivity contribution in [1.29, 1.82) is 0 Å². The van der Waals surface area contributed by atoms with E-state index in [1.54, 1.807) is 25.4 Å². The van der Waals surface area contributed by atoms with Crippen LogP contribution < -0.4 is 10.2 Å². The summed E-state index contributed by atoms with van der Waals surface area (Å²) in [5, 5.41) is 3.89. The van der Waals surface area contributed by atoms with Gasteiger partial charge in [-0.15, -0.1) is 0 Å². The molecule has 3 heterocycles. The molecule has 1 aliphatic rings. The number of carbonyl (C=O) groups is 2. The van der Waals surface area contributed by atoms with Crippen molar-refractivity contribution in [3.63, 3.8) is 0 Å². The van der Waals surface area contributed by atoms with E-state index in [0.29, 0.717) is 24.3 Å². The molecule has 1 saturated heterocycles. The molecule has 0 saturated carbocycles. The monoisotopic (exact) mass is 375 g/mol. The van der Waals surface area contributed by atoms with E-state index in [9.17, 15) is 9.59 Å². The van der Waals surface area contributed by atoms with Crippen LogP contribution in [-0.4, -0.2) is 52.9 Å². The molecule has 1 N–H and O–H groups in total. The SMILES string of the molecule is CC(=O)N1CCN(c2ccc(C(=O)Nc3cccc4cccnc34)cn2)CC1. The maximum absolute atomic E-state index is 12.6. The van der Waals surface area contributed by atoms with Gasteiger partial charge in [-0.1, -0.05) is 18.2 Å². The number of fused-ring (bicyclic) bond motifs is 1. The van der Waals surface area contributed by atoms with E-state index in [1.807, 2.05) is 41.3 Å². The molecule has 1 aliphatic heterocycles. The van der Waals surface area contributed by atoms with Crippen LogP contribution in [0.5, 0.6) is 0 Å². The first-order valence-electron chi connectivity index (χ1n) is 9.23. The number of aromatic nitrogens is 2. The van der Waals surface area contributed by atoms with Crippen molar-refractivity contribution in [3.8, 4) is 0 Å². The van der Waals surface area contributed by atoms with Gasteiger partial charge in [0.15, 0.2) is 0 Å². The van der Waals surface area contributed by atoms with Gasteiger partial charge in [0.05, 0.1) is 16.8 Å². The number of nitrogens with zero attached hydrogens (tertiary/aromatic N) is 4. The zero-order valence-electron chi connectivity index (χ0n) is 15.6. The highest BCUT2D eigenvalue weighted by Crippen LogP contribution is 2.21. The number of piperazine rings is 1. The number of hydrogen-bond donors (Lipinski definition) is 1. The number of amides is 2. The van der Waals surface area contributed by atoms with Gasteiger partial charge in [0, 0.05) is 50.9 Å². The summed E-state index contributed by atoms with van der Waals surface area (Å²) in [4.78, 5) is 36.8. The van der Waals surface area contributed by atoms with Gasteiger partial charge in [-0.05, 0) is 24.3 Å². The molecule has 1 fully saturated rings. The lowest BCUT2D eigenvalue weighted by molar-refractivity contribution is -0.129. The third-order valence-corrected chi connectivity index (χ3v) is 4.94. The van der Waals surface area contributed by atoms with Gasteiger partial charge in [0.2, 0.25) is 5.91 Å². The van der Waals surface area contributed by atoms with E-state index in [0.717, 1.165) is 29.8 Å². The Balaban J connectivity index is 1.45. The zero-order valence-corrected chi connectivity index (χ0v) is 15.6. The molecule has 7 heteroatoms. The van der Waals surface area contributed by atoms with Crippen LogP contribution in [0.4, 0.5) is 11.5 Å². The summed E-state index contributed by atoms with van der Waals surface area (Å²) in [6.45, 7) is 4.44. The maximum Gasteiger partial charge on any atom is 0.257 e. The van der Waals surface area contributed by atoms with Gasteiger partial charge < -0.3 is 15.1 Å². The third kappa shape index (κ3) is 3.64. The fourth-order valence-electron chi connectivity index (χ4n) is 3.36. The Morgan fingerprint density at radius 1 is 0.964 bits per heavy atom. The average Bonchev–Trinajstić information content (AvgIpc) is 2.74. The van der Waals surface area contributed by atoms with Crippen LogP contribution in [0.1, 0.15) is 17.3 Å². The van der Waals surface area contributed by atoms with E-state index in [-0.39, 0.29) is 11.8 Å². The molecule has 1 aromatic carbocycles. The summed E-state index contributed by atoms with van der Waals surface area (Å²) < 4.78 is 0. The van der Waals surface area contributed by atoms with Crippen LogP contribution >= 0.6 is 0 Å². The molecule has 0 atom stereocenters. The van der Waals surface area contributed by atoms with Crippen molar-refractivity contribution >= 4 is 34.2 Å². The van der Waals surface area contributed by atoms with Gasteiger partial charge in [-0.2, -0.15) is 0 Å². The fourth-order valence-corrected chi connectivity index (χ4v) is 3.36. The second kappa shape index (κ2) is 7.64. The number of rotatable bonds is 3. The second-order valence-corrected chi connectivity index (χ2v) is 6.73. The Labute approximate surface area is 163 Å². The zero-order chi connectivity index (χ0) is 19.5. The Morgan fingerprint density at radius 3 is 2.46 bits per heavy atom. The van der Waals surface area contributed by atoms with Gasteiger partial charge in [-0.25, -0.2) is 4.98 Å². The standard InChI is InChI=1S/C21H21N5O2/c1-15(27)25-10-12-26(13-11-25)19-8-7-17(14-23-19)21(28)24-18-6-2-4-16-5-3-9-22-20(16)18/h2-9,14H,10-13H2,1H3,(H,24,28). The van der Waals surface area contributed by atoms with Crippen molar-refractivity contribution in [2.24, 2.45) is 0 Å². The summed E-state index contributed by atoms with van der Waals surface area (Å²) in [5.74, 6) is 0.688. The lowest BCUT2D eigenvalue weighted by Crippen LogP contribution is -2.48. The molecular formula is C21H21N5O2. The summed E-state index contributed by atoms with van der Waals surface area (Å²) in [5.41, 5.74) is 1.91. The molecule has 0 spiro atoms. The van der Waals surface area contributed by atoms with Crippen LogP contribution in [0, 0.1) is 0 Å². The van der Waals surface area contributed by atoms with Crippen LogP contribution in [0.25, 0.3) is 10.9 Å². The smallest absolute Gasteiger partial charge is 0.257 e. The highest BCUT2D eigenvalue weighted by Gasteiger charge is 2.19. The summed E-state index contributed by atoms with van der Waals surface area (Å²) >= 11 is 0. The quantitative estimate of drug-likeness (QED) is 0.761. The van der Waals surface area contributed by atoms with Crippen LogP contribution in [0.15, 0.2) is 54.9 Å². The molecule has 2 aromatic heterocycles. The van der Waals surface area contributed by atoms with Crippen molar-refractivity contribution in [2.45, 2.75) is 6.92 Å². The summed E-state index contributed by atoms with van der Waals surface area (Å²) in [6, 6.07) is 13.1. The predicted octanol–water partition coefficient (Wildman–Crippen LogP) is 2.55. The van der Waals surface area contributed by atoms with Crippen molar-refractivity contribution in [3.05, 3.63) is 60.4 Å². The van der Waals surface area contributed by atoms with Crippen molar-refractivity contribution in [1.82, 2.24) is 14.9 Å². The van der Waals surface area contributed by atoms with Gasteiger partial charge in [0.25, 0.3) is 5.91 Å².